The molecule has 1 unspecified atom stereocenters. The number of benzene rings is 1. The summed E-state index contributed by atoms with van der Waals surface area (Å²) in [6.07, 6.45) is 1.84. The number of para-hydroxylation sites is 1. The number of carbonyl (C=O) groups is 1. The van der Waals surface area contributed by atoms with Crippen LogP contribution in [0.15, 0.2) is 44.3 Å². The van der Waals surface area contributed by atoms with E-state index in [4.69, 9.17) is 4.42 Å². The number of aryl methyl sites for hydroxylation is 2. The predicted octanol–water partition coefficient (Wildman–Crippen LogP) is 0.823. The molecule has 0 saturated carbocycles. The average Bonchev–Trinajstić information content (AvgIpc) is 2.78. The first kappa shape index (κ1) is 16.3. The van der Waals surface area contributed by atoms with Crippen LogP contribution in [0.2, 0.25) is 0 Å². The maximum atomic E-state index is 12.6. The lowest BCUT2D eigenvalue weighted by molar-refractivity contribution is 0.0929. The minimum atomic E-state index is -0.656. The van der Waals surface area contributed by atoms with E-state index in [0.717, 1.165) is 5.82 Å². The first-order valence-electron chi connectivity index (χ1n) is 8.49. The van der Waals surface area contributed by atoms with Crippen molar-refractivity contribution in [3.8, 4) is 0 Å². The summed E-state index contributed by atoms with van der Waals surface area (Å²) in [5, 5.41) is 7.81. The van der Waals surface area contributed by atoms with Gasteiger partial charge in [-0.15, -0.1) is 0 Å². The van der Waals surface area contributed by atoms with E-state index in [1.54, 1.807) is 35.9 Å². The number of amides is 1. The molecule has 3 aromatic rings. The van der Waals surface area contributed by atoms with Crippen LogP contribution in [0.5, 0.6) is 0 Å². The SMILES string of the molecule is Cn1nc2n(c1=O)CCC(NC(=O)c1cc3ccccc3oc1=O)CC2. The number of rotatable bonds is 2. The minimum absolute atomic E-state index is 0.0124. The van der Waals surface area contributed by atoms with E-state index in [2.05, 4.69) is 10.4 Å². The molecule has 0 bridgehead atoms. The second kappa shape index (κ2) is 6.29. The standard InChI is InChI=1S/C18H18N4O4/c1-21-18(25)22-9-8-12(6-7-15(22)20-21)19-16(23)13-10-11-4-2-3-5-14(11)26-17(13)24/h2-5,10,12H,6-9H2,1H3,(H,19,23). The molecule has 26 heavy (non-hydrogen) atoms. The molecule has 2 aromatic heterocycles. The maximum absolute atomic E-state index is 12.6. The summed E-state index contributed by atoms with van der Waals surface area (Å²) < 4.78 is 8.18. The lowest BCUT2D eigenvalue weighted by atomic mass is 10.1. The number of aromatic nitrogens is 3. The van der Waals surface area contributed by atoms with Crippen LogP contribution in [0.3, 0.4) is 0 Å². The van der Waals surface area contributed by atoms with Gasteiger partial charge in [-0.1, -0.05) is 18.2 Å². The highest BCUT2D eigenvalue weighted by atomic mass is 16.4. The van der Waals surface area contributed by atoms with Crippen LogP contribution in [-0.4, -0.2) is 26.3 Å². The van der Waals surface area contributed by atoms with Gasteiger partial charge in [0.05, 0.1) is 0 Å². The molecule has 1 atom stereocenters. The first-order valence-corrected chi connectivity index (χ1v) is 8.49. The van der Waals surface area contributed by atoms with E-state index in [-0.39, 0.29) is 17.3 Å². The molecular formula is C18H18N4O4. The van der Waals surface area contributed by atoms with Crippen LogP contribution >= 0.6 is 0 Å². The quantitative estimate of drug-likeness (QED) is 0.687. The normalized spacial score (nSPS) is 16.9. The number of hydrogen-bond donors (Lipinski definition) is 1. The minimum Gasteiger partial charge on any atom is -0.422 e. The second-order valence-corrected chi connectivity index (χ2v) is 6.46. The Labute approximate surface area is 148 Å². The van der Waals surface area contributed by atoms with Gasteiger partial charge in [-0.25, -0.2) is 14.3 Å². The van der Waals surface area contributed by atoms with Crippen molar-refractivity contribution in [3.63, 3.8) is 0 Å². The Morgan fingerprint density at radius 3 is 2.92 bits per heavy atom. The third-order valence-electron chi connectivity index (χ3n) is 4.72. The number of carbonyl (C=O) groups excluding carboxylic acids is 1. The topological polar surface area (TPSA) is 99.1 Å². The van der Waals surface area contributed by atoms with E-state index in [1.807, 2.05) is 6.07 Å². The third-order valence-corrected chi connectivity index (χ3v) is 4.72. The van der Waals surface area contributed by atoms with Crippen LogP contribution in [0.4, 0.5) is 0 Å². The molecule has 0 fully saturated rings. The Hall–Kier alpha value is -3.16. The summed E-state index contributed by atoms with van der Waals surface area (Å²) in [7, 11) is 1.63. The van der Waals surface area contributed by atoms with Crippen molar-refractivity contribution >= 4 is 16.9 Å². The fourth-order valence-corrected chi connectivity index (χ4v) is 3.32. The molecule has 1 N–H and O–H groups in total. The second-order valence-electron chi connectivity index (χ2n) is 6.46. The van der Waals surface area contributed by atoms with E-state index >= 15 is 0 Å². The molecule has 0 aliphatic carbocycles. The smallest absolute Gasteiger partial charge is 0.349 e. The Morgan fingerprint density at radius 1 is 1.27 bits per heavy atom. The summed E-state index contributed by atoms with van der Waals surface area (Å²) in [5.74, 6) is 0.265. The summed E-state index contributed by atoms with van der Waals surface area (Å²) in [5.41, 5.74) is -0.370. The fourth-order valence-electron chi connectivity index (χ4n) is 3.32. The van der Waals surface area contributed by atoms with Gasteiger partial charge in [0.1, 0.15) is 17.0 Å². The highest BCUT2D eigenvalue weighted by molar-refractivity contribution is 5.96. The van der Waals surface area contributed by atoms with Crippen molar-refractivity contribution in [2.75, 3.05) is 0 Å². The number of nitrogens with zero attached hydrogens (tertiary/aromatic N) is 3. The number of nitrogens with one attached hydrogen (secondary N) is 1. The summed E-state index contributed by atoms with van der Waals surface area (Å²) in [6, 6.07) is 8.47. The molecule has 1 aliphatic rings. The Morgan fingerprint density at radius 2 is 2.08 bits per heavy atom. The number of hydrogen-bond acceptors (Lipinski definition) is 5. The lowest BCUT2D eigenvalue weighted by Gasteiger charge is -2.15. The molecule has 1 aliphatic heterocycles. The highest BCUT2D eigenvalue weighted by Crippen LogP contribution is 2.15. The molecule has 3 heterocycles. The van der Waals surface area contributed by atoms with Crippen molar-refractivity contribution in [1.29, 1.82) is 0 Å². The molecular weight excluding hydrogens is 336 g/mol. The summed E-state index contributed by atoms with van der Waals surface area (Å²) in [6.45, 7) is 0.485. The van der Waals surface area contributed by atoms with Gasteiger partial charge in [-0.05, 0) is 25.0 Å². The van der Waals surface area contributed by atoms with Crippen LogP contribution in [0.1, 0.15) is 29.0 Å². The predicted molar refractivity (Wildman–Crippen MR) is 94.1 cm³/mol. The van der Waals surface area contributed by atoms with Crippen molar-refractivity contribution in [1.82, 2.24) is 19.7 Å². The van der Waals surface area contributed by atoms with Crippen LogP contribution in [0, 0.1) is 0 Å². The Bertz CT molecular complexity index is 1110. The Kier molecular flexibility index (Phi) is 3.95. The van der Waals surface area contributed by atoms with Gasteiger partial charge in [-0.2, -0.15) is 5.10 Å². The zero-order valence-corrected chi connectivity index (χ0v) is 14.3. The maximum Gasteiger partial charge on any atom is 0.349 e. The molecule has 0 saturated heterocycles. The molecule has 0 radical (unpaired) electrons. The monoisotopic (exact) mass is 354 g/mol. The van der Waals surface area contributed by atoms with Crippen molar-refractivity contribution in [2.45, 2.75) is 31.8 Å². The van der Waals surface area contributed by atoms with Crippen LogP contribution in [0.25, 0.3) is 11.0 Å². The zero-order chi connectivity index (χ0) is 18.3. The Balaban J connectivity index is 1.53. The van der Waals surface area contributed by atoms with Gasteiger partial charge < -0.3 is 9.73 Å². The van der Waals surface area contributed by atoms with E-state index in [1.165, 1.54) is 4.68 Å². The van der Waals surface area contributed by atoms with Gasteiger partial charge in [0.15, 0.2) is 0 Å². The molecule has 8 nitrogen and oxygen atoms in total. The van der Waals surface area contributed by atoms with Crippen molar-refractivity contribution in [3.05, 3.63) is 62.6 Å². The van der Waals surface area contributed by atoms with Crippen LogP contribution in [-0.2, 0) is 20.0 Å². The molecule has 8 heteroatoms. The number of fused-ring (bicyclic) bond motifs is 2. The van der Waals surface area contributed by atoms with Crippen molar-refractivity contribution in [2.24, 2.45) is 7.05 Å². The van der Waals surface area contributed by atoms with Gasteiger partial charge in [0, 0.05) is 31.4 Å². The van der Waals surface area contributed by atoms with Crippen molar-refractivity contribution < 1.29 is 9.21 Å². The zero-order valence-electron chi connectivity index (χ0n) is 14.3. The van der Waals surface area contributed by atoms with E-state index in [9.17, 15) is 14.4 Å². The molecule has 4 rings (SSSR count). The van der Waals surface area contributed by atoms with Crippen LogP contribution < -0.4 is 16.6 Å². The van der Waals surface area contributed by atoms with E-state index in [0.29, 0.717) is 36.8 Å². The van der Waals surface area contributed by atoms with E-state index < -0.39 is 11.5 Å². The lowest BCUT2D eigenvalue weighted by Crippen LogP contribution is -2.37. The van der Waals surface area contributed by atoms with Gasteiger partial charge in [0.25, 0.3) is 5.91 Å². The molecule has 1 aromatic carbocycles. The molecule has 1 amide bonds. The van der Waals surface area contributed by atoms with Gasteiger partial charge in [-0.3, -0.25) is 9.36 Å². The van der Waals surface area contributed by atoms with Gasteiger partial charge >= 0.3 is 11.3 Å². The summed E-state index contributed by atoms with van der Waals surface area (Å²) in [4.78, 5) is 36.7. The van der Waals surface area contributed by atoms with Gasteiger partial charge in [0.2, 0.25) is 0 Å². The fraction of sp³-hybridized carbons (Fsp3) is 0.333. The largest absolute Gasteiger partial charge is 0.422 e. The molecule has 0 spiro atoms. The summed E-state index contributed by atoms with van der Waals surface area (Å²) >= 11 is 0. The third kappa shape index (κ3) is 2.83. The highest BCUT2D eigenvalue weighted by Gasteiger charge is 2.23. The molecule has 134 valence electrons. The average molecular weight is 354 g/mol. The first-order chi connectivity index (χ1) is 12.5.